The van der Waals surface area contributed by atoms with Gasteiger partial charge >= 0.3 is 5.97 Å². The first-order valence-corrected chi connectivity index (χ1v) is 9.70. The Morgan fingerprint density at radius 2 is 2.10 bits per heavy atom. The number of methoxy groups -OCH3 is 1. The third-order valence-electron chi connectivity index (χ3n) is 5.43. The summed E-state index contributed by atoms with van der Waals surface area (Å²) >= 11 is 0. The van der Waals surface area contributed by atoms with Crippen molar-refractivity contribution in [3.63, 3.8) is 0 Å². The minimum absolute atomic E-state index is 0.244. The summed E-state index contributed by atoms with van der Waals surface area (Å²) in [7, 11) is 1.38. The maximum Gasteiger partial charge on any atom is 0.338 e. The minimum atomic E-state index is -0.343. The van der Waals surface area contributed by atoms with Crippen molar-refractivity contribution in [2.75, 3.05) is 13.7 Å². The first-order valence-electron chi connectivity index (χ1n) is 9.70. The van der Waals surface area contributed by atoms with Crippen LogP contribution in [0.15, 0.2) is 60.9 Å². The quantitative estimate of drug-likeness (QED) is 0.563. The Bertz CT molecular complexity index is 1030. The predicted octanol–water partition coefficient (Wildman–Crippen LogP) is 5.17. The molecule has 5 heteroatoms. The van der Waals surface area contributed by atoms with Gasteiger partial charge in [0.25, 0.3) is 0 Å². The molecule has 0 spiro atoms. The van der Waals surface area contributed by atoms with E-state index in [1.165, 1.54) is 13.2 Å². The van der Waals surface area contributed by atoms with Crippen LogP contribution in [0.4, 0.5) is 4.39 Å². The van der Waals surface area contributed by atoms with Crippen LogP contribution < -0.4 is 4.74 Å². The number of hydrogen-bond acceptors (Lipinski definition) is 4. The molecule has 29 heavy (non-hydrogen) atoms. The van der Waals surface area contributed by atoms with Crippen molar-refractivity contribution in [2.45, 2.75) is 25.2 Å². The van der Waals surface area contributed by atoms with Crippen molar-refractivity contribution in [2.24, 2.45) is 0 Å². The number of nitrogens with zero attached hydrogens (tertiary/aromatic N) is 1. The molecule has 1 aliphatic rings. The van der Waals surface area contributed by atoms with Gasteiger partial charge in [-0.05, 0) is 60.1 Å². The molecule has 0 bridgehead atoms. The van der Waals surface area contributed by atoms with E-state index in [4.69, 9.17) is 9.47 Å². The van der Waals surface area contributed by atoms with Gasteiger partial charge in [0, 0.05) is 18.0 Å². The molecule has 1 atom stereocenters. The summed E-state index contributed by atoms with van der Waals surface area (Å²) in [5.41, 5.74) is 3.95. The summed E-state index contributed by atoms with van der Waals surface area (Å²) in [6.45, 7) is 0.620. The van der Waals surface area contributed by atoms with Crippen LogP contribution in [0.1, 0.15) is 40.2 Å². The first kappa shape index (κ1) is 19.1. The lowest BCUT2D eigenvalue weighted by Crippen LogP contribution is -2.15. The van der Waals surface area contributed by atoms with E-state index in [1.807, 2.05) is 24.3 Å². The fraction of sp³-hybridized carbons (Fsp3) is 0.250. The van der Waals surface area contributed by atoms with Crippen LogP contribution in [-0.2, 0) is 11.2 Å². The zero-order valence-electron chi connectivity index (χ0n) is 16.2. The number of halogens is 1. The molecule has 1 aromatic heterocycles. The number of aryl methyl sites for hydroxylation is 1. The van der Waals surface area contributed by atoms with E-state index in [-0.39, 0.29) is 11.8 Å². The molecule has 2 aromatic carbocycles. The Labute approximate surface area is 169 Å². The van der Waals surface area contributed by atoms with E-state index in [1.54, 1.807) is 30.6 Å². The number of fused-ring (bicyclic) bond motifs is 1. The SMILES string of the molecule is COC(=O)c1ccncc1CC[C@@H]1CCOc2cc(-c3ccccc3F)ccc21. The lowest BCUT2D eigenvalue weighted by Gasteiger charge is -2.26. The monoisotopic (exact) mass is 391 g/mol. The van der Waals surface area contributed by atoms with Gasteiger partial charge in [-0.3, -0.25) is 4.98 Å². The number of benzene rings is 2. The molecule has 4 nitrogen and oxygen atoms in total. The highest BCUT2D eigenvalue weighted by Crippen LogP contribution is 2.39. The summed E-state index contributed by atoms with van der Waals surface area (Å²) in [6, 6.07) is 14.3. The highest BCUT2D eigenvalue weighted by Gasteiger charge is 2.23. The van der Waals surface area contributed by atoms with E-state index >= 15 is 0 Å². The van der Waals surface area contributed by atoms with E-state index in [0.29, 0.717) is 23.7 Å². The van der Waals surface area contributed by atoms with E-state index in [0.717, 1.165) is 41.7 Å². The summed E-state index contributed by atoms with van der Waals surface area (Å²) in [5, 5.41) is 0. The molecule has 0 amide bonds. The second-order valence-electron chi connectivity index (χ2n) is 7.13. The molecule has 0 saturated carbocycles. The highest BCUT2D eigenvalue weighted by molar-refractivity contribution is 5.90. The number of esters is 1. The number of pyridine rings is 1. The van der Waals surface area contributed by atoms with Crippen LogP contribution in [0.2, 0.25) is 0 Å². The van der Waals surface area contributed by atoms with Crippen LogP contribution in [0, 0.1) is 5.82 Å². The second kappa shape index (κ2) is 8.43. The van der Waals surface area contributed by atoms with Crippen molar-refractivity contribution in [1.29, 1.82) is 0 Å². The van der Waals surface area contributed by atoms with Gasteiger partial charge in [-0.15, -0.1) is 0 Å². The molecule has 2 heterocycles. The van der Waals surface area contributed by atoms with Crippen LogP contribution in [0.3, 0.4) is 0 Å². The highest BCUT2D eigenvalue weighted by atomic mass is 19.1. The first-order chi connectivity index (χ1) is 14.2. The average molecular weight is 391 g/mol. The second-order valence-corrected chi connectivity index (χ2v) is 7.13. The summed E-state index contributed by atoms with van der Waals surface area (Å²) in [5.74, 6) is 0.525. The maximum absolute atomic E-state index is 14.1. The smallest absolute Gasteiger partial charge is 0.338 e. The van der Waals surface area contributed by atoms with Crippen molar-refractivity contribution in [1.82, 2.24) is 4.98 Å². The number of ether oxygens (including phenoxy) is 2. The van der Waals surface area contributed by atoms with Crippen molar-refractivity contribution in [3.8, 4) is 16.9 Å². The lowest BCUT2D eigenvalue weighted by atomic mass is 9.86. The van der Waals surface area contributed by atoms with Crippen LogP contribution >= 0.6 is 0 Å². The largest absolute Gasteiger partial charge is 0.493 e. The normalized spacial score (nSPS) is 15.3. The molecule has 0 saturated heterocycles. The molecule has 1 aliphatic heterocycles. The summed E-state index contributed by atoms with van der Waals surface area (Å²) in [4.78, 5) is 16.1. The number of hydrogen-bond donors (Lipinski definition) is 0. The van der Waals surface area contributed by atoms with Gasteiger partial charge in [0.15, 0.2) is 0 Å². The van der Waals surface area contributed by atoms with Crippen LogP contribution in [-0.4, -0.2) is 24.7 Å². The fourth-order valence-corrected chi connectivity index (χ4v) is 3.89. The van der Waals surface area contributed by atoms with Gasteiger partial charge in [0.1, 0.15) is 11.6 Å². The van der Waals surface area contributed by atoms with Gasteiger partial charge in [0.2, 0.25) is 0 Å². The van der Waals surface area contributed by atoms with E-state index < -0.39 is 0 Å². The number of aromatic nitrogens is 1. The molecule has 148 valence electrons. The number of rotatable bonds is 5. The van der Waals surface area contributed by atoms with Crippen molar-refractivity contribution >= 4 is 5.97 Å². The van der Waals surface area contributed by atoms with E-state index in [9.17, 15) is 9.18 Å². The Hall–Kier alpha value is -3.21. The Morgan fingerprint density at radius 1 is 1.24 bits per heavy atom. The fourth-order valence-electron chi connectivity index (χ4n) is 3.89. The molecular weight excluding hydrogens is 369 g/mol. The van der Waals surface area contributed by atoms with Crippen molar-refractivity contribution < 1.29 is 18.7 Å². The number of carbonyl (C=O) groups excluding carboxylic acids is 1. The maximum atomic E-state index is 14.1. The van der Waals surface area contributed by atoms with Crippen LogP contribution in [0.5, 0.6) is 5.75 Å². The molecular formula is C24H22FNO3. The molecule has 0 N–H and O–H groups in total. The van der Waals surface area contributed by atoms with Gasteiger partial charge in [-0.25, -0.2) is 9.18 Å². The molecule has 0 fully saturated rings. The molecule has 0 radical (unpaired) electrons. The average Bonchev–Trinajstić information content (AvgIpc) is 2.77. The Kier molecular flexibility index (Phi) is 5.56. The molecule has 4 rings (SSSR count). The molecule has 0 aliphatic carbocycles. The zero-order valence-corrected chi connectivity index (χ0v) is 16.2. The zero-order chi connectivity index (χ0) is 20.2. The van der Waals surface area contributed by atoms with E-state index in [2.05, 4.69) is 4.98 Å². The molecule has 3 aromatic rings. The molecule has 0 unspecified atom stereocenters. The van der Waals surface area contributed by atoms with Gasteiger partial charge < -0.3 is 9.47 Å². The Balaban J connectivity index is 1.55. The van der Waals surface area contributed by atoms with Crippen molar-refractivity contribution in [3.05, 3.63) is 83.4 Å². The summed E-state index contributed by atoms with van der Waals surface area (Å²) < 4.78 is 24.9. The third kappa shape index (κ3) is 3.99. The van der Waals surface area contributed by atoms with Gasteiger partial charge in [0.05, 0.1) is 19.3 Å². The topological polar surface area (TPSA) is 48.4 Å². The van der Waals surface area contributed by atoms with Gasteiger partial charge in [-0.1, -0.05) is 30.3 Å². The van der Waals surface area contributed by atoms with Gasteiger partial charge in [-0.2, -0.15) is 0 Å². The lowest BCUT2D eigenvalue weighted by molar-refractivity contribution is 0.0599. The third-order valence-corrected chi connectivity index (χ3v) is 5.43. The minimum Gasteiger partial charge on any atom is -0.493 e. The number of carbonyl (C=O) groups is 1. The standard InChI is InChI=1S/C24H22FNO3/c1-28-24(27)21-10-12-26-15-18(21)7-6-16-11-13-29-23-14-17(8-9-20(16)23)19-4-2-3-5-22(19)25/h2-5,8-10,12,14-16H,6-7,11,13H2,1H3/t16-/m1/s1. The van der Waals surface area contributed by atoms with Crippen LogP contribution in [0.25, 0.3) is 11.1 Å². The predicted molar refractivity (Wildman–Crippen MR) is 109 cm³/mol. The summed E-state index contributed by atoms with van der Waals surface area (Å²) in [6.07, 6.45) is 5.82. The Morgan fingerprint density at radius 3 is 2.93 bits per heavy atom.